The highest BCUT2D eigenvalue weighted by molar-refractivity contribution is 14.1. The van der Waals surface area contributed by atoms with E-state index >= 15 is 0 Å². The normalized spacial score (nSPS) is 18.8. The Bertz CT molecular complexity index is 62.4. The summed E-state index contributed by atoms with van der Waals surface area (Å²) >= 11 is 2.44. The van der Waals surface area contributed by atoms with E-state index in [1.807, 2.05) is 0 Å². The third-order valence-electron chi connectivity index (χ3n) is 1.64. The van der Waals surface area contributed by atoms with Crippen molar-refractivity contribution in [2.45, 2.75) is 43.5 Å². The van der Waals surface area contributed by atoms with E-state index in [1.165, 1.54) is 38.8 Å². The van der Waals surface area contributed by atoms with E-state index in [0.29, 0.717) is 0 Å². The molecule has 68 valence electrons. The second-order valence-electron chi connectivity index (χ2n) is 3.03. The van der Waals surface area contributed by atoms with Gasteiger partial charge in [0.25, 0.3) is 0 Å². The van der Waals surface area contributed by atoms with Gasteiger partial charge in [0, 0.05) is 3.92 Å². The Hall–Kier alpha value is 0.690. The maximum atomic E-state index is 3.22. The van der Waals surface area contributed by atoms with Crippen LogP contribution < -0.4 is 5.32 Å². The number of nitrogens with one attached hydrogen (secondary N) is 1. The maximum absolute atomic E-state index is 3.22. The van der Waals surface area contributed by atoms with Gasteiger partial charge in [-0.3, -0.25) is 0 Å². The van der Waals surface area contributed by atoms with Gasteiger partial charge in [0.05, 0.1) is 0 Å². The van der Waals surface area contributed by atoms with Crippen LogP contribution in [0.25, 0.3) is 0 Å². The molecule has 1 unspecified atom stereocenters. The lowest BCUT2D eigenvalue weighted by Gasteiger charge is -1.93. The zero-order valence-corrected chi connectivity index (χ0v) is 9.86. The quantitative estimate of drug-likeness (QED) is 0.600. The van der Waals surface area contributed by atoms with Gasteiger partial charge in [-0.15, -0.1) is 0 Å². The molecule has 2 heteroatoms. The third kappa shape index (κ3) is 10.7. The molecular formula is C9H20IN. The molecule has 1 heterocycles. The van der Waals surface area contributed by atoms with Crippen molar-refractivity contribution >= 4 is 22.6 Å². The van der Waals surface area contributed by atoms with Crippen molar-refractivity contribution in [2.75, 3.05) is 13.1 Å². The first kappa shape index (κ1) is 11.7. The van der Waals surface area contributed by atoms with Crippen molar-refractivity contribution < 1.29 is 0 Å². The molecule has 0 radical (unpaired) electrons. The molecule has 0 amide bonds. The topological polar surface area (TPSA) is 12.0 Å². The van der Waals surface area contributed by atoms with Gasteiger partial charge >= 0.3 is 0 Å². The number of hydrogen-bond donors (Lipinski definition) is 1. The lowest BCUT2D eigenvalue weighted by Crippen LogP contribution is -2.03. The molecule has 11 heavy (non-hydrogen) atoms. The first-order valence-electron chi connectivity index (χ1n) is 4.62. The SMILES string of the molecule is C1CCNC1.CCCC(C)I. The Morgan fingerprint density at radius 1 is 1.36 bits per heavy atom. The second kappa shape index (κ2) is 8.78. The lowest BCUT2D eigenvalue weighted by atomic mass is 10.3. The summed E-state index contributed by atoms with van der Waals surface area (Å²) in [7, 11) is 0. The lowest BCUT2D eigenvalue weighted by molar-refractivity contribution is 0.807. The predicted molar refractivity (Wildman–Crippen MR) is 60.5 cm³/mol. The van der Waals surface area contributed by atoms with E-state index < -0.39 is 0 Å². The van der Waals surface area contributed by atoms with Crippen molar-refractivity contribution in [3.05, 3.63) is 0 Å². The summed E-state index contributed by atoms with van der Waals surface area (Å²) in [6.45, 7) is 6.96. The molecule has 1 aliphatic rings. The average Bonchev–Trinajstić information content (AvgIpc) is 2.41. The zero-order valence-electron chi connectivity index (χ0n) is 7.70. The van der Waals surface area contributed by atoms with E-state index in [9.17, 15) is 0 Å². The zero-order chi connectivity index (χ0) is 8.53. The van der Waals surface area contributed by atoms with Gasteiger partial charge in [0.1, 0.15) is 0 Å². The summed E-state index contributed by atoms with van der Waals surface area (Å²) in [6, 6.07) is 0. The third-order valence-corrected chi connectivity index (χ3v) is 2.27. The average molecular weight is 269 g/mol. The fraction of sp³-hybridized carbons (Fsp3) is 1.00. The minimum absolute atomic E-state index is 0.868. The molecule has 0 aromatic heterocycles. The molecule has 0 aromatic carbocycles. The summed E-state index contributed by atoms with van der Waals surface area (Å²) < 4.78 is 0.868. The Morgan fingerprint density at radius 3 is 2.00 bits per heavy atom. The molecule has 1 aliphatic heterocycles. The van der Waals surface area contributed by atoms with Crippen molar-refractivity contribution in [1.82, 2.24) is 5.32 Å². The van der Waals surface area contributed by atoms with Crippen LogP contribution in [-0.4, -0.2) is 17.0 Å². The Morgan fingerprint density at radius 2 is 1.91 bits per heavy atom. The highest BCUT2D eigenvalue weighted by Crippen LogP contribution is 2.04. The molecule has 0 saturated carbocycles. The molecule has 1 saturated heterocycles. The first-order chi connectivity index (χ1) is 5.27. The van der Waals surface area contributed by atoms with E-state index in [4.69, 9.17) is 0 Å². The molecule has 1 fully saturated rings. The van der Waals surface area contributed by atoms with Crippen molar-refractivity contribution in [3.8, 4) is 0 Å². The van der Waals surface area contributed by atoms with Crippen LogP contribution in [0.1, 0.15) is 39.5 Å². The van der Waals surface area contributed by atoms with Crippen LogP contribution in [0.4, 0.5) is 0 Å². The van der Waals surface area contributed by atoms with Gasteiger partial charge < -0.3 is 5.32 Å². The second-order valence-corrected chi connectivity index (χ2v) is 5.15. The van der Waals surface area contributed by atoms with Crippen molar-refractivity contribution in [3.63, 3.8) is 0 Å². The van der Waals surface area contributed by atoms with Crippen molar-refractivity contribution in [1.29, 1.82) is 0 Å². The predicted octanol–water partition coefficient (Wildman–Crippen LogP) is 2.98. The minimum Gasteiger partial charge on any atom is -0.317 e. The van der Waals surface area contributed by atoms with Crippen LogP contribution in [0.2, 0.25) is 0 Å². The number of halogens is 1. The van der Waals surface area contributed by atoms with Crippen LogP contribution in [0.3, 0.4) is 0 Å². The Balaban J connectivity index is 0.000000183. The van der Waals surface area contributed by atoms with Crippen LogP contribution >= 0.6 is 22.6 Å². The number of rotatable bonds is 2. The standard InChI is InChI=1S/C5H11I.C4H9N/c1-3-4-5(2)6;1-2-4-5-3-1/h5H,3-4H2,1-2H3;5H,1-4H2. The molecular weight excluding hydrogens is 249 g/mol. The fourth-order valence-electron chi connectivity index (χ4n) is 1.02. The van der Waals surface area contributed by atoms with Gasteiger partial charge in [-0.1, -0.05) is 42.9 Å². The molecule has 1 nitrogen and oxygen atoms in total. The van der Waals surface area contributed by atoms with E-state index in [1.54, 1.807) is 0 Å². The van der Waals surface area contributed by atoms with Crippen LogP contribution in [-0.2, 0) is 0 Å². The van der Waals surface area contributed by atoms with Gasteiger partial charge in [-0.2, -0.15) is 0 Å². The molecule has 0 bridgehead atoms. The van der Waals surface area contributed by atoms with Gasteiger partial charge in [-0.25, -0.2) is 0 Å². The minimum atomic E-state index is 0.868. The molecule has 0 spiro atoms. The van der Waals surface area contributed by atoms with Gasteiger partial charge in [-0.05, 0) is 32.4 Å². The highest BCUT2D eigenvalue weighted by atomic mass is 127. The van der Waals surface area contributed by atoms with Gasteiger partial charge in [0.15, 0.2) is 0 Å². The maximum Gasteiger partial charge on any atom is 0.00812 e. The summed E-state index contributed by atoms with van der Waals surface area (Å²) in [6.07, 6.45) is 5.46. The van der Waals surface area contributed by atoms with Crippen molar-refractivity contribution in [2.24, 2.45) is 0 Å². The molecule has 1 atom stereocenters. The molecule has 0 aromatic rings. The van der Waals surface area contributed by atoms with E-state index in [0.717, 1.165) is 3.92 Å². The summed E-state index contributed by atoms with van der Waals surface area (Å²) in [5, 5.41) is 3.22. The summed E-state index contributed by atoms with van der Waals surface area (Å²) in [4.78, 5) is 0. The van der Waals surface area contributed by atoms with Gasteiger partial charge in [0.2, 0.25) is 0 Å². The first-order valence-corrected chi connectivity index (χ1v) is 5.86. The van der Waals surface area contributed by atoms with E-state index in [2.05, 4.69) is 41.8 Å². The fourth-order valence-corrected chi connectivity index (χ4v) is 1.65. The smallest absolute Gasteiger partial charge is 0.00812 e. The summed E-state index contributed by atoms with van der Waals surface area (Å²) in [5.41, 5.74) is 0. The Kier molecular flexibility index (Phi) is 9.33. The van der Waals surface area contributed by atoms with E-state index in [-0.39, 0.29) is 0 Å². The largest absolute Gasteiger partial charge is 0.317 e. The van der Waals surface area contributed by atoms with Crippen LogP contribution in [0.15, 0.2) is 0 Å². The van der Waals surface area contributed by atoms with Crippen LogP contribution in [0.5, 0.6) is 0 Å². The molecule has 1 rings (SSSR count). The Labute approximate surface area is 84.5 Å². The molecule has 0 aliphatic carbocycles. The molecule has 1 N–H and O–H groups in total. The number of hydrogen-bond acceptors (Lipinski definition) is 1. The highest BCUT2D eigenvalue weighted by Gasteiger charge is 1.93. The monoisotopic (exact) mass is 269 g/mol. The van der Waals surface area contributed by atoms with Crippen LogP contribution in [0, 0.1) is 0 Å². The summed E-state index contributed by atoms with van der Waals surface area (Å²) in [5.74, 6) is 0. The number of alkyl halides is 1.